The van der Waals surface area contributed by atoms with Crippen molar-refractivity contribution in [1.82, 2.24) is 4.90 Å². The number of para-hydroxylation sites is 1. The highest BCUT2D eigenvalue weighted by molar-refractivity contribution is 7.16. The number of rotatable bonds is 4. The lowest BCUT2D eigenvalue weighted by Crippen LogP contribution is -2.48. The molecule has 1 fully saturated rings. The first-order chi connectivity index (χ1) is 13.6. The summed E-state index contributed by atoms with van der Waals surface area (Å²) in [5, 5.41) is 13.4. The van der Waals surface area contributed by atoms with E-state index in [2.05, 4.69) is 52.4 Å². The van der Waals surface area contributed by atoms with E-state index in [0.29, 0.717) is 18.0 Å². The Bertz CT molecular complexity index is 878. The molecule has 5 nitrogen and oxygen atoms in total. The number of hydrogen-bond acceptors (Lipinski definition) is 5. The molecule has 1 aliphatic heterocycles. The second-order valence-corrected chi connectivity index (χ2v) is 8.92. The van der Waals surface area contributed by atoms with Crippen LogP contribution in [-0.2, 0) is 17.6 Å². The number of benzene rings is 1. The Balaban J connectivity index is 1.34. The number of carbonyl (C=O) groups excluding carboxylic acids is 1. The number of nitriles is 1. The van der Waals surface area contributed by atoms with E-state index in [1.807, 2.05) is 6.07 Å². The third-order valence-electron chi connectivity index (χ3n) is 5.74. The lowest BCUT2D eigenvalue weighted by atomic mass is 9.89. The van der Waals surface area contributed by atoms with Crippen LogP contribution in [0.4, 0.5) is 10.7 Å². The fourth-order valence-corrected chi connectivity index (χ4v) is 5.51. The molecule has 1 N–H and O–H groups in total. The number of carbonyl (C=O) groups is 1. The zero-order valence-corrected chi connectivity index (χ0v) is 17.1. The highest BCUT2D eigenvalue weighted by Crippen LogP contribution is 2.39. The third kappa shape index (κ3) is 4.06. The van der Waals surface area contributed by atoms with Gasteiger partial charge in [-0.05, 0) is 42.9 Å². The summed E-state index contributed by atoms with van der Waals surface area (Å²) in [5.74, 6) is 0.637. The van der Waals surface area contributed by atoms with E-state index < -0.39 is 0 Å². The molecule has 0 bridgehead atoms. The predicted molar refractivity (Wildman–Crippen MR) is 114 cm³/mol. The van der Waals surface area contributed by atoms with Gasteiger partial charge in [0.25, 0.3) is 0 Å². The molecule has 2 heterocycles. The molecule has 1 aliphatic carbocycles. The van der Waals surface area contributed by atoms with E-state index in [4.69, 9.17) is 0 Å². The molecular weight excluding hydrogens is 368 g/mol. The van der Waals surface area contributed by atoms with Gasteiger partial charge in [0, 0.05) is 36.7 Å². The van der Waals surface area contributed by atoms with Crippen LogP contribution in [0.25, 0.3) is 0 Å². The standard InChI is InChI=1S/C22H26N4OS/c1-16-7-8-18-19(14-23)22(28-20(18)13-16)24-21(27)15-25-9-11-26(12-10-25)17-5-3-2-4-6-17/h2-6,16H,7-13,15H2,1H3,(H,24,27)/t16-/m1/s1. The molecule has 4 rings (SSSR count). The molecule has 0 unspecified atom stereocenters. The SMILES string of the molecule is C[C@@H]1CCc2c(sc(NC(=O)CN3CCN(c4ccccc4)CC3)c2C#N)C1. The van der Waals surface area contributed by atoms with Gasteiger partial charge in [-0.3, -0.25) is 9.69 Å². The zero-order chi connectivity index (χ0) is 19.5. The summed E-state index contributed by atoms with van der Waals surface area (Å²) in [6.07, 6.45) is 3.09. The summed E-state index contributed by atoms with van der Waals surface area (Å²) in [7, 11) is 0. The van der Waals surface area contributed by atoms with Crippen LogP contribution in [0.2, 0.25) is 0 Å². The number of hydrogen-bond donors (Lipinski definition) is 1. The molecule has 2 aliphatic rings. The van der Waals surface area contributed by atoms with Gasteiger partial charge in [-0.15, -0.1) is 11.3 Å². The van der Waals surface area contributed by atoms with Gasteiger partial charge in [0.15, 0.2) is 0 Å². The number of anilines is 2. The molecule has 0 radical (unpaired) electrons. The van der Waals surface area contributed by atoms with Gasteiger partial charge in [0.05, 0.1) is 12.1 Å². The quantitative estimate of drug-likeness (QED) is 0.862. The Labute approximate surface area is 170 Å². The summed E-state index contributed by atoms with van der Waals surface area (Å²) in [6.45, 7) is 6.21. The van der Waals surface area contributed by atoms with E-state index in [-0.39, 0.29) is 5.91 Å². The van der Waals surface area contributed by atoms with Gasteiger partial charge < -0.3 is 10.2 Å². The smallest absolute Gasteiger partial charge is 0.239 e. The van der Waals surface area contributed by atoms with Gasteiger partial charge in [-0.2, -0.15) is 5.26 Å². The maximum atomic E-state index is 12.6. The number of nitrogens with one attached hydrogen (secondary N) is 1. The minimum absolute atomic E-state index is 0.0173. The van der Waals surface area contributed by atoms with Crippen LogP contribution in [-0.4, -0.2) is 43.5 Å². The fourth-order valence-electron chi connectivity index (χ4n) is 4.13. The average molecular weight is 395 g/mol. The van der Waals surface area contributed by atoms with Crippen molar-refractivity contribution < 1.29 is 4.79 Å². The molecule has 0 spiro atoms. The van der Waals surface area contributed by atoms with E-state index in [1.165, 1.54) is 10.6 Å². The fraction of sp³-hybridized carbons (Fsp3) is 0.455. The molecular formula is C22H26N4OS. The predicted octanol–water partition coefficient (Wildman–Crippen LogP) is 3.51. The minimum atomic E-state index is -0.0173. The van der Waals surface area contributed by atoms with E-state index in [9.17, 15) is 10.1 Å². The normalized spacial score (nSPS) is 19.7. The first kappa shape index (κ1) is 19.0. The monoisotopic (exact) mass is 394 g/mol. The number of fused-ring (bicyclic) bond motifs is 1. The Morgan fingerprint density at radius 3 is 2.71 bits per heavy atom. The van der Waals surface area contributed by atoms with Crippen LogP contribution in [0.5, 0.6) is 0 Å². The van der Waals surface area contributed by atoms with Crippen LogP contribution < -0.4 is 10.2 Å². The molecule has 1 saturated heterocycles. The van der Waals surface area contributed by atoms with Gasteiger partial charge in [0.1, 0.15) is 11.1 Å². The van der Waals surface area contributed by atoms with Crippen molar-refractivity contribution in [3.05, 3.63) is 46.3 Å². The zero-order valence-electron chi connectivity index (χ0n) is 16.3. The first-order valence-electron chi connectivity index (χ1n) is 10.0. The molecule has 1 atom stereocenters. The minimum Gasteiger partial charge on any atom is -0.369 e. The maximum absolute atomic E-state index is 12.6. The van der Waals surface area contributed by atoms with Crippen molar-refractivity contribution in [1.29, 1.82) is 5.26 Å². The van der Waals surface area contributed by atoms with Crippen LogP contribution >= 0.6 is 11.3 Å². The molecule has 146 valence electrons. The molecule has 6 heteroatoms. The maximum Gasteiger partial charge on any atom is 0.239 e. The third-order valence-corrected chi connectivity index (χ3v) is 6.91. The number of amides is 1. The molecule has 1 aromatic carbocycles. The van der Waals surface area contributed by atoms with E-state index in [1.54, 1.807) is 11.3 Å². The molecule has 0 saturated carbocycles. The van der Waals surface area contributed by atoms with Crippen molar-refractivity contribution in [2.24, 2.45) is 5.92 Å². The first-order valence-corrected chi connectivity index (χ1v) is 10.8. The van der Waals surface area contributed by atoms with Crippen LogP contribution in [0.15, 0.2) is 30.3 Å². The summed E-state index contributed by atoms with van der Waals surface area (Å²) < 4.78 is 0. The highest BCUT2D eigenvalue weighted by atomic mass is 32.1. The number of piperazine rings is 1. The van der Waals surface area contributed by atoms with Gasteiger partial charge >= 0.3 is 0 Å². The summed E-state index contributed by atoms with van der Waals surface area (Å²) in [6, 6.07) is 12.7. The Morgan fingerprint density at radius 1 is 1.25 bits per heavy atom. The van der Waals surface area contributed by atoms with Crippen molar-refractivity contribution in [3.8, 4) is 6.07 Å². The summed E-state index contributed by atoms with van der Waals surface area (Å²) >= 11 is 1.60. The van der Waals surface area contributed by atoms with Gasteiger partial charge in [-0.25, -0.2) is 0 Å². The summed E-state index contributed by atoms with van der Waals surface area (Å²) in [4.78, 5) is 18.4. The van der Waals surface area contributed by atoms with Crippen LogP contribution in [0.1, 0.15) is 29.3 Å². The van der Waals surface area contributed by atoms with Crippen molar-refractivity contribution in [2.75, 3.05) is 42.9 Å². The van der Waals surface area contributed by atoms with Crippen molar-refractivity contribution in [3.63, 3.8) is 0 Å². The second-order valence-electron chi connectivity index (χ2n) is 7.81. The number of thiophene rings is 1. The Kier molecular flexibility index (Phi) is 5.65. The van der Waals surface area contributed by atoms with E-state index in [0.717, 1.165) is 56.0 Å². The lowest BCUT2D eigenvalue weighted by molar-refractivity contribution is -0.117. The van der Waals surface area contributed by atoms with Crippen LogP contribution in [0, 0.1) is 17.2 Å². The van der Waals surface area contributed by atoms with Crippen molar-refractivity contribution >= 4 is 27.9 Å². The Morgan fingerprint density at radius 2 is 2.00 bits per heavy atom. The van der Waals surface area contributed by atoms with Gasteiger partial charge in [0.2, 0.25) is 5.91 Å². The van der Waals surface area contributed by atoms with Crippen molar-refractivity contribution in [2.45, 2.75) is 26.2 Å². The molecule has 1 amide bonds. The van der Waals surface area contributed by atoms with E-state index >= 15 is 0 Å². The summed E-state index contributed by atoms with van der Waals surface area (Å²) in [5.41, 5.74) is 3.09. The molecule has 2 aromatic rings. The average Bonchev–Trinajstić information content (AvgIpc) is 3.04. The highest BCUT2D eigenvalue weighted by Gasteiger charge is 2.25. The topological polar surface area (TPSA) is 59.4 Å². The molecule has 28 heavy (non-hydrogen) atoms. The lowest BCUT2D eigenvalue weighted by Gasteiger charge is -2.35. The second kappa shape index (κ2) is 8.34. The number of nitrogens with zero attached hydrogens (tertiary/aromatic N) is 3. The Hall–Kier alpha value is -2.36. The largest absolute Gasteiger partial charge is 0.369 e. The van der Waals surface area contributed by atoms with Gasteiger partial charge in [-0.1, -0.05) is 25.1 Å². The van der Waals surface area contributed by atoms with Crippen LogP contribution in [0.3, 0.4) is 0 Å². The molecule has 1 aromatic heterocycles.